The number of nitrogens with one attached hydrogen (secondary N) is 1. The summed E-state index contributed by atoms with van der Waals surface area (Å²) >= 11 is 1.63. The fraction of sp³-hybridized carbons (Fsp3) is 0.250. The molecule has 136 valence electrons. The third-order valence-corrected chi connectivity index (χ3v) is 4.94. The first-order valence-electron chi connectivity index (χ1n) is 8.55. The Morgan fingerprint density at radius 1 is 1.12 bits per heavy atom. The molecule has 0 fully saturated rings. The van der Waals surface area contributed by atoms with Crippen LogP contribution in [0.2, 0.25) is 0 Å². The molecule has 5 nitrogen and oxygen atoms in total. The standard InChI is InChI=1S/C20H22N2O3S/c1-2-16(24)14-6-8-15(9-7-14)17-10-11-20(26-17)22-18-4-3-5-19(21-18)25-13-12-23/h3-11,16,23-24H,2,12-13H2,1H3,(H,21,22). The maximum absolute atomic E-state index is 9.90. The van der Waals surface area contributed by atoms with E-state index in [2.05, 4.69) is 16.4 Å². The first-order chi connectivity index (χ1) is 12.7. The van der Waals surface area contributed by atoms with Crippen LogP contribution in [0.25, 0.3) is 10.4 Å². The van der Waals surface area contributed by atoms with Crippen molar-refractivity contribution in [2.75, 3.05) is 18.5 Å². The number of rotatable bonds is 8. The third kappa shape index (κ3) is 4.60. The van der Waals surface area contributed by atoms with Crippen LogP contribution in [0, 0.1) is 0 Å². The molecule has 0 spiro atoms. The van der Waals surface area contributed by atoms with Crippen LogP contribution >= 0.6 is 11.3 Å². The van der Waals surface area contributed by atoms with Crippen molar-refractivity contribution in [2.24, 2.45) is 0 Å². The second-order valence-electron chi connectivity index (χ2n) is 5.77. The molecule has 26 heavy (non-hydrogen) atoms. The number of pyridine rings is 1. The highest BCUT2D eigenvalue weighted by atomic mass is 32.1. The maximum atomic E-state index is 9.90. The Hall–Kier alpha value is -2.41. The van der Waals surface area contributed by atoms with E-state index in [9.17, 15) is 5.11 Å². The molecule has 0 radical (unpaired) electrons. The van der Waals surface area contributed by atoms with E-state index < -0.39 is 6.10 Å². The summed E-state index contributed by atoms with van der Waals surface area (Å²) in [5.41, 5.74) is 2.05. The molecule has 0 aliphatic carbocycles. The highest BCUT2D eigenvalue weighted by molar-refractivity contribution is 7.19. The fourth-order valence-corrected chi connectivity index (χ4v) is 3.43. The van der Waals surface area contributed by atoms with E-state index in [1.165, 1.54) is 0 Å². The van der Waals surface area contributed by atoms with Gasteiger partial charge in [0.25, 0.3) is 0 Å². The molecular formula is C20H22N2O3S. The number of nitrogens with zero attached hydrogens (tertiary/aromatic N) is 1. The lowest BCUT2D eigenvalue weighted by atomic mass is 10.0. The van der Waals surface area contributed by atoms with Crippen molar-refractivity contribution in [3.8, 4) is 16.3 Å². The Labute approximate surface area is 156 Å². The average Bonchev–Trinajstić information content (AvgIpc) is 3.14. The minimum Gasteiger partial charge on any atom is -0.475 e. The molecule has 0 saturated carbocycles. The van der Waals surface area contributed by atoms with Gasteiger partial charge in [0.15, 0.2) is 0 Å². The highest BCUT2D eigenvalue weighted by Gasteiger charge is 2.07. The number of thiophene rings is 1. The second-order valence-corrected chi connectivity index (χ2v) is 6.85. The van der Waals surface area contributed by atoms with E-state index in [-0.39, 0.29) is 13.2 Å². The summed E-state index contributed by atoms with van der Waals surface area (Å²) in [6, 6.07) is 17.6. The van der Waals surface area contributed by atoms with Gasteiger partial charge in [0.05, 0.1) is 17.7 Å². The molecule has 1 aromatic carbocycles. The van der Waals surface area contributed by atoms with Crippen molar-refractivity contribution in [1.29, 1.82) is 0 Å². The lowest BCUT2D eigenvalue weighted by molar-refractivity contribution is 0.173. The molecule has 6 heteroatoms. The first kappa shape index (κ1) is 18.4. The van der Waals surface area contributed by atoms with Crippen LogP contribution in [-0.4, -0.2) is 28.4 Å². The zero-order chi connectivity index (χ0) is 18.4. The predicted molar refractivity (Wildman–Crippen MR) is 105 cm³/mol. The minimum absolute atomic E-state index is 0.0400. The van der Waals surface area contributed by atoms with Crippen LogP contribution in [0.1, 0.15) is 25.0 Å². The van der Waals surface area contributed by atoms with Gasteiger partial charge in [-0.05, 0) is 35.7 Å². The van der Waals surface area contributed by atoms with Gasteiger partial charge in [-0.25, -0.2) is 0 Å². The Morgan fingerprint density at radius 2 is 1.92 bits per heavy atom. The molecule has 0 aliphatic rings. The summed E-state index contributed by atoms with van der Waals surface area (Å²) in [5.74, 6) is 1.17. The zero-order valence-electron chi connectivity index (χ0n) is 14.6. The molecule has 1 unspecified atom stereocenters. The Bertz CT molecular complexity index is 833. The van der Waals surface area contributed by atoms with Crippen LogP contribution in [0.4, 0.5) is 10.8 Å². The molecule has 0 amide bonds. The smallest absolute Gasteiger partial charge is 0.215 e. The van der Waals surface area contributed by atoms with Gasteiger partial charge in [0.2, 0.25) is 5.88 Å². The highest BCUT2D eigenvalue weighted by Crippen LogP contribution is 2.33. The first-order valence-corrected chi connectivity index (χ1v) is 9.37. The topological polar surface area (TPSA) is 74.6 Å². The SMILES string of the molecule is CCC(O)c1ccc(-c2ccc(Nc3cccc(OCCO)n3)s2)cc1. The van der Waals surface area contributed by atoms with Crippen LogP contribution in [0.5, 0.6) is 5.88 Å². The molecule has 0 saturated heterocycles. The Kier molecular flexibility index (Phi) is 6.22. The normalized spacial score (nSPS) is 12.0. The van der Waals surface area contributed by atoms with Crippen molar-refractivity contribution in [2.45, 2.75) is 19.4 Å². The number of ether oxygens (including phenoxy) is 1. The quantitative estimate of drug-likeness (QED) is 0.549. The number of aromatic nitrogens is 1. The molecule has 2 heterocycles. The third-order valence-electron chi connectivity index (χ3n) is 3.89. The zero-order valence-corrected chi connectivity index (χ0v) is 15.4. The van der Waals surface area contributed by atoms with Gasteiger partial charge in [-0.1, -0.05) is 37.3 Å². The molecular weight excluding hydrogens is 348 g/mol. The van der Waals surface area contributed by atoms with Crippen LogP contribution in [0.15, 0.2) is 54.6 Å². The Morgan fingerprint density at radius 3 is 2.65 bits per heavy atom. The van der Waals surface area contributed by atoms with Gasteiger partial charge < -0.3 is 20.3 Å². The van der Waals surface area contributed by atoms with Crippen molar-refractivity contribution in [3.63, 3.8) is 0 Å². The predicted octanol–water partition coefficient (Wildman–Crippen LogP) is 4.37. The van der Waals surface area contributed by atoms with E-state index in [4.69, 9.17) is 9.84 Å². The summed E-state index contributed by atoms with van der Waals surface area (Å²) < 4.78 is 5.33. The van der Waals surface area contributed by atoms with Gasteiger partial charge in [-0.2, -0.15) is 4.98 Å². The molecule has 2 aromatic heterocycles. The molecule has 3 aromatic rings. The number of hydrogen-bond acceptors (Lipinski definition) is 6. The molecule has 3 N–H and O–H groups in total. The average molecular weight is 370 g/mol. The van der Waals surface area contributed by atoms with Crippen LogP contribution < -0.4 is 10.1 Å². The Balaban J connectivity index is 1.70. The summed E-state index contributed by atoms with van der Waals surface area (Å²) in [5, 5.41) is 23.0. The molecule has 0 aliphatic heterocycles. The molecule has 3 rings (SSSR count). The largest absolute Gasteiger partial charge is 0.475 e. The molecule has 1 atom stereocenters. The van der Waals surface area contributed by atoms with Gasteiger partial charge in [0, 0.05) is 10.9 Å². The van der Waals surface area contributed by atoms with E-state index in [1.54, 1.807) is 17.4 Å². The lowest BCUT2D eigenvalue weighted by Crippen LogP contribution is -2.03. The number of benzene rings is 1. The van der Waals surface area contributed by atoms with Gasteiger partial charge in [0.1, 0.15) is 12.4 Å². The lowest BCUT2D eigenvalue weighted by Gasteiger charge is -2.08. The van der Waals surface area contributed by atoms with E-state index in [0.717, 1.165) is 21.0 Å². The number of hydrogen-bond donors (Lipinski definition) is 3. The van der Waals surface area contributed by atoms with Gasteiger partial charge >= 0.3 is 0 Å². The minimum atomic E-state index is -0.406. The summed E-state index contributed by atoms with van der Waals surface area (Å²) in [6.45, 7) is 2.15. The fourth-order valence-electron chi connectivity index (χ4n) is 2.51. The molecule has 0 bridgehead atoms. The van der Waals surface area contributed by atoms with Gasteiger partial charge in [-0.15, -0.1) is 11.3 Å². The van der Waals surface area contributed by atoms with Crippen molar-refractivity contribution < 1.29 is 14.9 Å². The summed E-state index contributed by atoms with van der Waals surface area (Å²) in [6.07, 6.45) is 0.302. The monoisotopic (exact) mass is 370 g/mol. The summed E-state index contributed by atoms with van der Waals surface area (Å²) in [7, 11) is 0. The number of aliphatic hydroxyl groups excluding tert-OH is 2. The number of aliphatic hydroxyl groups is 2. The maximum Gasteiger partial charge on any atom is 0.215 e. The second kappa shape index (κ2) is 8.80. The van der Waals surface area contributed by atoms with E-state index in [1.807, 2.05) is 49.4 Å². The van der Waals surface area contributed by atoms with Crippen molar-refractivity contribution in [1.82, 2.24) is 4.98 Å². The van der Waals surface area contributed by atoms with E-state index in [0.29, 0.717) is 18.1 Å². The van der Waals surface area contributed by atoms with Crippen LogP contribution in [0.3, 0.4) is 0 Å². The van der Waals surface area contributed by atoms with E-state index >= 15 is 0 Å². The summed E-state index contributed by atoms with van der Waals surface area (Å²) in [4.78, 5) is 5.50. The van der Waals surface area contributed by atoms with Gasteiger partial charge in [-0.3, -0.25) is 0 Å². The van der Waals surface area contributed by atoms with Crippen LogP contribution in [-0.2, 0) is 0 Å². The van der Waals surface area contributed by atoms with Crippen molar-refractivity contribution >= 4 is 22.2 Å². The number of anilines is 2. The van der Waals surface area contributed by atoms with Crippen molar-refractivity contribution in [3.05, 3.63) is 60.2 Å².